The van der Waals surface area contributed by atoms with E-state index in [9.17, 15) is 0 Å². The molecule has 0 aromatic heterocycles. The summed E-state index contributed by atoms with van der Waals surface area (Å²) in [7, 11) is -0.696. The molecule has 0 radical (unpaired) electrons. The van der Waals surface area contributed by atoms with Crippen LogP contribution in [0.3, 0.4) is 0 Å². The first-order chi connectivity index (χ1) is 16.9. The van der Waals surface area contributed by atoms with Gasteiger partial charge in [-0.3, -0.25) is 0 Å². The van der Waals surface area contributed by atoms with Crippen molar-refractivity contribution in [1.29, 1.82) is 0 Å². The molecular weight excluding hydrogens is 447 g/mol. The Morgan fingerprint density at radius 3 is 1.21 bits per heavy atom. The van der Waals surface area contributed by atoms with Gasteiger partial charge in [0, 0.05) is 0 Å². The summed E-state index contributed by atoms with van der Waals surface area (Å²) >= 11 is 0. The van der Waals surface area contributed by atoms with E-state index in [0.717, 1.165) is 11.1 Å². The Morgan fingerprint density at radius 2 is 0.794 bits per heavy atom. The van der Waals surface area contributed by atoms with Crippen LogP contribution in [-0.2, 0) is 36.9 Å². The molecule has 3 aromatic carbocycles. The first kappa shape index (κ1) is 25.0. The summed E-state index contributed by atoms with van der Waals surface area (Å²) in [6.07, 6.45) is 0. The molecule has 0 N–H and O–H groups in total. The van der Waals surface area contributed by atoms with Crippen LogP contribution in [0, 0.1) is 0 Å². The number of ether oxygens (including phenoxy) is 5. The van der Waals surface area contributed by atoms with Crippen molar-refractivity contribution in [3.8, 4) is 0 Å². The third-order valence-corrected chi connectivity index (χ3v) is 7.75. The fraction of sp³-hybridized carbons (Fsp3) is 0.357. The summed E-state index contributed by atoms with van der Waals surface area (Å²) in [6.45, 7) is 5.52. The quantitative estimate of drug-likeness (QED) is 0.537. The lowest BCUT2D eigenvalue weighted by atomic mass is 10.1. The Morgan fingerprint density at radius 1 is 0.412 bits per heavy atom. The van der Waals surface area contributed by atoms with Crippen molar-refractivity contribution in [3.63, 3.8) is 0 Å². The summed E-state index contributed by atoms with van der Waals surface area (Å²) in [5.74, 6) is 0. The third kappa shape index (κ3) is 7.99. The highest BCUT2D eigenvalue weighted by Crippen LogP contribution is 2.33. The highest BCUT2D eigenvalue weighted by atomic mass is 31.1. The molecule has 0 spiro atoms. The lowest BCUT2D eigenvalue weighted by Gasteiger charge is -2.21. The molecule has 0 fully saturated rings. The van der Waals surface area contributed by atoms with E-state index in [0.29, 0.717) is 66.1 Å². The van der Waals surface area contributed by atoms with Gasteiger partial charge in [-0.05, 0) is 47.1 Å². The van der Waals surface area contributed by atoms with Crippen molar-refractivity contribution in [2.75, 3.05) is 52.9 Å². The van der Waals surface area contributed by atoms with Gasteiger partial charge in [-0.1, -0.05) is 66.7 Å². The normalized spacial score (nSPS) is 17.1. The van der Waals surface area contributed by atoms with Crippen molar-refractivity contribution >= 4 is 23.8 Å². The molecule has 4 rings (SSSR count). The smallest absolute Gasteiger partial charge is 0.0718 e. The van der Waals surface area contributed by atoms with Crippen LogP contribution in [0.2, 0.25) is 0 Å². The molecule has 5 nitrogen and oxygen atoms in total. The van der Waals surface area contributed by atoms with E-state index in [1.807, 2.05) is 0 Å². The summed E-state index contributed by atoms with van der Waals surface area (Å²) < 4.78 is 28.6. The molecule has 0 aliphatic carbocycles. The minimum atomic E-state index is -0.696. The zero-order valence-electron chi connectivity index (χ0n) is 19.6. The van der Waals surface area contributed by atoms with Crippen LogP contribution in [0.1, 0.15) is 11.1 Å². The predicted molar refractivity (Wildman–Crippen MR) is 137 cm³/mol. The van der Waals surface area contributed by atoms with Gasteiger partial charge in [-0.2, -0.15) is 0 Å². The molecule has 0 saturated heterocycles. The number of fused-ring (bicyclic) bond motifs is 2. The van der Waals surface area contributed by atoms with E-state index in [-0.39, 0.29) is 0 Å². The minimum absolute atomic E-state index is 0.538. The van der Waals surface area contributed by atoms with Crippen LogP contribution < -0.4 is 15.9 Å². The largest absolute Gasteiger partial charge is 0.377 e. The van der Waals surface area contributed by atoms with E-state index in [4.69, 9.17) is 23.7 Å². The molecule has 0 atom stereocenters. The Kier molecular flexibility index (Phi) is 10.5. The summed E-state index contributed by atoms with van der Waals surface area (Å²) in [5.41, 5.74) is 2.30. The van der Waals surface area contributed by atoms with Gasteiger partial charge in [-0.25, -0.2) is 0 Å². The lowest BCUT2D eigenvalue weighted by molar-refractivity contribution is -0.0144. The number of hydrogen-bond acceptors (Lipinski definition) is 5. The van der Waals surface area contributed by atoms with E-state index in [1.54, 1.807) is 0 Å². The first-order valence-corrected chi connectivity index (χ1v) is 13.2. The van der Waals surface area contributed by atoms with Crippen LogP contribution in [0.25, 0.3) is 0 Å². The molecule has 2 bridgehead atoms. The highest BCUT2D eigenvalue weighted by Gasteiger charge is 2.18. The van der Waals surface area contributed by atoms with Crippen molar-refractivity contribution in [2.45, 2.75) is 13.2 Å². The highest BCUT2D eigenvalue weighted by molar-refractivity contribution is 7.79. The molecule has 0 amide bonds. The van der Waals surface area contributed by atoms with Crippen molar-refractivity contribution in [2.24, 2.45) is 0 Å². The van der Waals surface area contributed by atoms with Crippen LogP contribution in [0.15, 0.2) is 78.9 Å². The molecular formula is C28H33O5P. The van der Waals surface area contributed by atoms with E-state index in [2.05, 4.69) is 78.9 Å². The second kappa shape index (κ2) is 14.3. The van der Waals surface area contributed by atoms with Crippen molar-refractivity contribution < 1.29 is 23.7 Å². The van der Waals surface area contributed by atoms with Crippen LogP contribution in [0.5, 0.6) is 0 Å². The number of hydrogen-bond donors (Lipinski definition) is 0. The van der Waals surface area contributed by atoms with E-state index < -0.39 is 7.92 Å². The Labute approximate surface area is 203 Å². The second-order valence-electron chi connectivity index (χ2n) is 7.96. The summed E-state index contributed by atoms with van der Waals surface area (Å²) in [6, 6.07) is 28.2. The van der Waals surface area contributed by atoms with E-state index in [1.165, 1.54) is 15.9 Å². The zero-order chi connectivity index (χ0) is 23.3. The molecule has 3 aromatic rings. The topological polar surface area (TPSA) is 46.2 Å². The summed E-state index contributed by atoms with van der Waals surface area (Å²) in [4.78, 5) is 0. The monoisotopic (exact) mass is 480 g/mol. The standard InChI is InChI=1S/C28H33O5P/c1-3-7-26(8-4-1)34(27-9-5-2-6-10-27)28-20-24-19-25(21-28)23-33-18-16-31-14-12-29-11-13-30-15-17-32-22-24/h1-10,19-21H,11-18,22-23H2. The Hall–Kier alpha value is -2.11. The van der Waals surface area contributed by atoms with Crippen molar-refractivity contribution in [3.05, 3.63) is 90.0 Å². The molecule has 0 unspecified atom stereocenters. The average molecular weight is 481 g/mol. The van der Waals surface area contributed by atoms with Gasteiger partial charge in [0.25, 0.3) is 0 Å². The van der Waals surface area contributed by atoms with Gasteiger partial charge < -0.3 is 23.7 Å². The SMILES string of the molecule is c1ccc(P(c2ccccc2)c2cc3cc(c2)COCCOCCOCCOCCOC3)cc1. The molecule has 0 saturated carbocycles. The van der Waals surface area contributed by atoms with Crippen molar-refractivity contribution in [1.82, 2.24) is 0 Å². The van der Waals surface area contributed by atoms with Gasteiger partial charge in [-0.15, -0.1) is 0 Å². The molecule has 1 aliphatic rings. The number of rotatable bonds is 3. The molecule has 6 heteroatoms. The Balaban J connectivity index is 1.59. The maximum Gasteiger partial charge on any atom is 0.0718 e. The van der Waals surface area contributed by atoms with Crippen LogP contribution in [0.4, 0.5) is 0 Å². The zero-order valence-corrected chi connectivity index (χ0v) is 20.5. The molecule has 34 heavy (non-hydrogen) atoms. The first-order valence-electron chi connectivity index (χ1n) is 11.8. The van der Waals surface area contributed by atoms with Gasteiger partial charge in [0.15, 0.2) is 0 Å². The molecule has 1 aliphatic heterocycles. The predicted octanol–water partition coefficient (Wildman–Crippen LogP) is 3.54. The maximum absolute atomic E-state index is 5.94. The fourth-order valence-electron chi connectivity index (χ4n) is 3.80. The Bertz CT molecular complexity index is 893. The third-order valence-electron chi connectivity index (χ3n) is 5.35. The summed E-state index contributed by atoms with van der Waals surface area (Å²) in [5, 5.41) is 3.95. The van der Waals surface area contributed by atoms with Gasteiger partial charge in [0.05, 0.1) is 66.1 Å². The van der Waals surface area contributed by atoms with Crippen LogP contribution >= 0.6 is 7.92 Å². The molecule has 180 valence electrons. The van der Waals surface area contributed by atoms with Gasteiger partial charge in [0.2, 0.25) is 0 Å². The van der Waals surface area contributed by atoms with E-state index >= 15 is 0 Å². The molecule has 1 heterocycles. The van der Waals surface area contributed by atoms with Gasteiger partial charge >= 0.3 is 0 Å². The van der Waals surface area contributed by atoms with Gasteiger partial charge in [0.1, 0.15) is 0 Å². The fourth-order valence-corrected chi connectivity index (χ4v) is 6.22. The van der Waals surface area contributed by atoms with Crippen LogP contribution in [-0.4, -0.2) is 52.9 Å². The maximum atomic E-state index is 5.94. The average Bonchev–Trinajstić information content (AvgIpc) is 2.87. The second-order valence-corrected chi connectivity index (χ2v) is 10.2. The number of benzene rings is 3. The lowest BCUT2D eigenvalue weighted by Crippen LogP contribution is -2.22. The minimum Gasteiger partial charge on any atom is -0.377 e.